The largest absolute Gasteiger partial charge is 0.469 e. The SMILES string of the molecule is Cc1occc1C(=O)Nc1ccc(Cl)c(/C=N/N2CCCC2)c1. The third kappa shape index (κ3) is 3.74. The molecule has 0 bridgehead atoms. The molecule has 0 atom stereocenters. The Bertz CT molecular complexity index is 733. The zero-order valence-corrected chi connectivity index (χ0v) is 13.6. The second kappa shape index (κ2) is 6.87. The number of hydrogen-bond acceptors (Lipinski definition) is 4. The van der Waals surface area contributed by atoms with Crippen molar-refractivity contribution in [2.75, 3.05) is 18.4 Å². The van der Waals surface area contributed by atoms with E-state index >= 15 is 0 Å². The number of carbonyl (C=O) groups excluding carboxylic acids is 1. The predicted octanol–water partition coefficient (Wildman–Crippen LogP) is 3.92. The van der Waals surface area contributed by atoms with Crippen molar-refractivity contribution in [3.05, 3.63) is 52.4 Å². The highest BCUT2D eigenvalue weighted by atomic mass is 35.5. The summed E-state index contributed by atoms with van der Waals surface area (Å²) in [5.74, 6) is 0.383. The fourth-order valence-electron chi connectivity index (χ4n) is 2.50. The van der Waals surface area contributed by atoms with Crippen molar-refractivity contribution in [1.82, 2.24) is 5.01 Å². The van der Waals surface area contributed by atoms with Gasteiger partial charge in [-0.25, -0.2) is 0 Å². The first-order valence-corrected chi connectivity index (χ1v) is 7.95. The van der Waals surface area contributed by atoms with Crippen molar-refractivity contribution in [3.63, 3.8) is 0 Å². The van der Waals surface area contributed by atoms with Gasteiger partial charge in [0.25, 0.3) is 5.91 Å². The number of halogens is 1. The Morgan fingerprint density at radius 1 is 1.35 bits per heavy atom. The maximum absolute atomic E-state index is 12.2. The quantitative estimate of drug-likeness (QED) is 0.864. The summed E-state index contributed by atoms with van der Waals surface area (Å²) < 4.78 is 5.15. The van der Waals surface area contributed by atoms with E-state index < -0.39 is 0 Å². The molecule has 23 heavy (non-hydrogen) atoms. The van der Waals surface area contributed by atoms with Crippen molar-refractivity contribution in [2.24, 2.45) is 5.10 Å². The highest BCUT2D eigenvalue weighted by molar-refractivity contribution is 6.33. The minimum absolute atomic E-state index is 0.207. The zero-order valence-electron chi connectivity index (χ0n) is 12.9. The van der Waals surface area contributed by atoms with Gasteiger partial charge >= 0.3 is 0 Å². The van der Waals surface area contributed by atoms with E-state index in [0.29, 0.717) is 22.0 Å². The first kappa shape index (κ1) is 15.6. The number of anilines is 1. The number of hydrogen-bond donors (Lipinski definition) is 1. The molecule has 0 saturated carbocycles. The van der Waals surface area contributed by atoms with Crippen LogP contribution in [0.25, 0.3) is 0 Å². The fourth-order valence-corrected chi connectivity index (χ4v) is 2.67. The first-order chi connectivity index (χ1) is 11.1. The topological polar surface area (TPSA) is 57.8 Å². The fraction of sp³-hybridized carbons (Fsp3) is 0.294. The molecule has 1 aromatic carbocycles. The second-order valence-corrected chi connectivity index (χ2v) is 5.89. The summed E-state index contributed by atoms with van der Waals surface area (Å²) in [6.07, 6.45) is 5.59. The number of aryl methyl sites for hydroxylation is 1. The Balaban J connectivity index is 1.74. The molecule has 3 rings (SSSR count). The Morgan fingerprint density at radius 2 is 2.13 bits per heavy atom. The van der Waals surface area contributed by atoms with Crippen LogP contribution in [-0.2, 0) is 0 Å². The number of furan rings is 1. The van der Waals surface area contributed by atoms with Crippen molar-refractivity contribution < 1.29 is 9.21 Å². The number of hydrazone groups is 1. The maximum atomic E-state index is 12.2. The molecule has 0 aliphatic carbocycles. The summed E-state index contributed by atoms with van der Waals surface area (Å²) in [5, 5.41) is 9.91. The summed E-state index contributed by atoms with van der Waals surface area (Å²) >= 11 is 6.21. The molecule has 2 aromatic rings. The van der Waals surface area contributed by atoms with E-state index in [1.54, 1.807) is 31.3 Å². The lowest BCUT2D eigenvalue weighted by Gasteiger charge is -2.10. The summed E-state index contributed by atoms with van der Waals surface area (Å²) in [5.41, 5.74) is 1.97. The van der Waals surface area contributed by atoms with Gasteiger partial charge in [0.2, 0.25) is 0 Å². The lowest BCUT2D eigenvalue weighted by molar-refractivity contribution is 0.102. The van der Waals surface area contributed by atoms with Gasteiger partial charge in [0.05, 0.1) is 18.0 Å². The number of amides is 1. The van der Waals surface area contributed by atoms with Crippen molar-refractivity contribution >= 4 is 29.4 Å². The highest BCUT2D eigenvalue weighted by Crippen LogP contribution is 2.21. The van der Waals surface area contributed by atoms with Crippen LogP contribution in [0.4, 0.5) is 5.69 Å². The minimum atomic E-state index is -0.207. The van der Waals surface area contributed by atoms with Gasteiger partial charge in [0, 0.05) is 29.4 Å². The van der Waals surface area contributed by atoms with Crippen molar-refractivity contribution in [2.45, 2.75) is 19.8 Å². The van der Waals surface area contributed by atoms with Crippen LogP contribution in [0.5, 0.6) is 0 Å². The van der Waals surface area contributed by atoms with Crippen LogP contribution in [0.2, 0.25) is 5.02 Å². The maximum Gasteiger partial charge on any atom is 0.259 e. The molecule has 0 radical (unpaired) electrons. The number of rotatable bonds is 4. The molecule has 0 unspecified atom stereocenters. The van der Waals surface area contributed by atoms with E-state index in [9.17, 15) is 4.79 Å². The number of nitrogens with zero attached hydrogens (tertiary/aromatic N) is 2. The minimum Gasteiger partial charge on any atom is -0.469 e. The van der Waals surface area contributed by atoms with Crippen LogP contribution < -0.4 is 5.32 Å². The summed E-state index contributed by atoms with van der Waals surface area (Å²) in [6.45, 7) is 3.71. The molecule has 6 heteroatoms. The Kier molecular flexibility index (Phi) is 4.67. The van der Waals surface area contributed by atoms with Crippen molar-refractivity contribution in [3.8, 4) is 0 Å². The third-order valence-corrected chi connectivity index (χ3v) is 4.14. The van der Waals surface area contributed by atoms with Crippen LogP contribution in [-0.4, -0.2) is 30.2 Å². The van der Waals surface area contributed by atoms with E-state index in [2.05, 4.69) is 10.4 Å². The van der Waals surface area contributed by atoms with E-state index in [-0.39, 0.29) is 5.91 Å². The lowest BCUT2D eigenvalue weighted by atomic mass is 10.2. The standard InChI is InChI=1S/C17H18ClN3O2/c1-12-15(6-9-23-12)17(22)20-14-4-5-16(18)13(10-14)11-19-21-7-2-3-8-21/h4-6,9-11H,2-3,7-8H2,1H3,(H,20,22)/b19-11+. The van der Waals surface area contributed by atoms with Crippen LogP contribution in [0.1, 0.15) is 34.5 Å². The Labute approximate surface area is 139 Å². The average Bonchev–Trinajstić information content (AvgIpc) is 3.19. The Hall–Kier alpha value is -2.27. The molecule has 1 aliphatic rings. The molecular weight excluding hydrogens is 314 g/mol. The van der Waals surface area contributed by atoms with Gasteiger partial charge < -0.3 is 9.73 Å². The zero-order chi connectivity index (χ0) is 16.2. The predicted molar refractivity (Wildman–Crippen MR) is 91.3 cm³/mol. The number of nitrogens with one attached hydrogen (secondary N) is 1. The van der Waals surface area contributed by atoms with Gasteiger partial charge in [0.15, 0.2) is 0 Å². The summed E-state index contributed by atoms with van der Waals surface area (Å²) in [4.78, 5) is 12.2. The molecule has 1 amide bonds. The van der Waals surface area contributed by atoms with E-state index in [0.717, 1.165) is 18.7 Å². The smallest absolute Gasteiger partial charge is 0.259 e. The molecular formula is C17H18ClN3O2. The van der Waals surface area contributed by atoms with Gasteiger partial charge in [-0.3, -0.25) is 9.80 Å². The summed E-state index contributed by atoms with van der Waals surface area (Å²) in [6, 6.07) is 6.99. The van der Waals surface area contributed by atoms with Gasteiger partial charge in [-0.15, -0.1) is 0 Å². The number of carbonyl (C=O) groups is 1. The highest BCUT2D eigenvalue weighted by Gasteiger charge is 2.12. The van der Waals surface area contributed by atoms with Gasteiger partial charge in [-0.2, -0.15) is 5.10 Å². The van der Waals surface area contributed by atoms with Crippen LogP contribution in [0, 0.1) is 6.92 Å². The lowest BCUT2D eigenvalue weighted by Crippen LogP contribution is -2.13. The molecule has 1 fully saturated rings. The molecule has 2 heterocycles. The van der Waals surface area contributed by atoms with Crippen LogP contribution >= 0.6 is 11.6 Å². The molecule has 1 aromatic heterocycles. The Morgan fingerprint density at radius 3 is 2.83 bits per heavy atom. The molecule has 0 spiro atoms. The van der Waals surface area contributed by atoms with E-state index in [4.69, 9.17) is 16.0 Å². The average molecular weight is 332 g/mol. The first-order valence-electron chi connectivity index (χ1n) is 7.57. The third-order valence-electron chi connectivity index (χ3n) is 3.80. The monoisotopic (exact) mass is 331 g/mol. The van der Waals surface area contributed by atoms with E-state index in [1.165, 1.54) is 19.1 Å². The van der Waals surface area contributed by atoms with Gasteiger partial charge in [0.1, 0.15) is 5.76 Å². The van der Waals surface area contributed by atoms with Gasteiger partial charge in [-0.1, -0.05) is 11.6 Å². The molecule has 1 N–H and O–H groups in total. The van der Waals surface area contributed by atoms with E-state index in [1.807, 2.05) is 11.1 Å². The molecule has 120 valence electrons. The normalized spacial score (nSPS) is 14.6. The number of benzene rings is 1. The van der Waals surface area contributed by atoms with Crippen LogP contribution in [0.15, 0.2) is 40.0 Å². The molecule has 1 saturated heterocycles. The van der Waals surface area contributed by atoms with Crippen molar-refractivity contribution in [1.29, 1.82) is 0 Å². The molecule has 5 nitrogen and oxygen atoms in total. The van der Waals surface area contributed by atoms with Crippen LogP contribution in [0.3, 0.4) is 0 Å². The summed E-state index contributed by atoms with van der Waals surface area (Å²) in [7, 11) is 0. The second-order valence-electron chi connectivity index (χ2n) is 5.49. The van der Waals surface area contributed by atoms with Gasteiger partial charge in [-0.05, 0) is 44.0 Å². The molecule has 1 aliphatic heterocycles.